The molecule has 0 aliphatic rings. The van der Waals surface area contributed by atoms with Gasteiger partial charge in [0.2, 0.25) is 5.91 Å². The van der Waals surface area contributed by atoms with Crippen molar-refractivity contribution in [2.24, 2.45) is 5.73 Å². The van der Waals surface area contributed by atoms with Crippen LogP contribution in [0.1, 0.15) is 33.9 Å². The molecule has 28 heavy (non-hydrogen) atoms. The zero-order valence-electron chi connectivity index (χ0n) is 16.9. The number of benzene rings is 3. The van der Waals surface area contributed by atoms with Gasteiger partial charge in [-0.15, -0.1) is 0 Å². The van der Waals surface area contributed by atoms with Crippen molar-refractivity contribution in [3.8, 4) is 0 Å². The Kier molecular flexibility index (Phi) is 6.27. The molecule has 1 amide bonds. The van der Waals surface area contributed by atoms with Gasteiger partial charge in [0, 0.05) is 12.2 Å². The molecule has 3 aromatic rings. The fourth-order valence-corrected chi connectivity index (χ4v) is 3.35. The number of anilines is 1. The molecular formula is C25H28N2O. The second kappa shape index (κ2) is 8.85. The number of aryl methyl sites for hydroxylation is 3. The van der Waals surface area contributed by atoms with E-state index >= 15 is 0 Å². The lowest BCUT2D eigenvalue weighted by atomic mass is 10.0. The van der Waals surface area contributed by atoms with Gasteiger partial charge in [-0.25, -0.2) is 0 Å². The van der Waals surface area contributed by atoms with Crippen LogP contribution in [0.5, 0.6) is 0 Å². The Balaban J connectivity index is 1.90. The molecule has 3 aromatic carbocycles. The lowest BCUT2D eigenvalue weighted by Gasteiger charge is -2.27. The van der Waals surface area contributed by atoms with Crippen molar-refractivity contribution in [3.05, 3.63) is 101 Å². The van der Waals surface area contributed by atoms with Crippen molar-refractivity contribution in [1.29, 1.82) is 0 Å². The summed E-state index contributed by atoms with van der Waals surface area (Å²) in [5, 5.41) is 0. The van der Waals surface area contributed by atoms with Gasteiger partial charge in [0.15, 0.2) is 0 Å². The minimum atomic E-state index is -0.681. The van der Waals surface area contributed by atoms with Crippen LogP contribution in [0.2, 0.25) is 0 Å². The molecule has 0 heterocycles. The van der Waals surface area contributed by atoms with Crippen LogP contribution < -0.4 is 10.6 Å². The number of rotatable bonds is 6. The van der Waals surface area contributed by atoms with E-state index in [0.717, 1.165) is 17.7 Å². The lowest BCUT2D eigenvalue weighted by Crippen LogP contribution is -2.40. The number of hydrogen-bond acceptors (Lipinski definition) is 2. The van der Waals surface area contributed by atoms with Crippen LogP contribution in [0.3, 0.4) is 0 Å². The molecule has 0 spiro atoms. The van der Waals surface area contributed by atoms with Crippen LogP contribution in [-0.2, 0) is 11.2 Å². The largest absolute Gasteiger partial charge is 0.316 e. The molecule has 0 saturated carbocycles. The van der Waals surface area contributed by atoms with Crippen LogP contribution in [0.25, 0.3) is 0 Å². The van der Waals surface area contributed by atoms with Crippen LogP contribution in [0, 0.1) is 20.8 Å². The van der Waals surface area contributed by atoms with E-state index < -0.39 is 6.04 Å². The number of amides is 1. The van der Waals surface area contributed by atoms with Crippen LogP contribution in [0.15, 0.2) is 72.8 Å². The maximum Gasteiger partial charge on any atom is 0.248 e. The molecule has 0 fully saturated rings. The van der Waals surface area contributed by atoms with Gasteiger partial charge in [0.25, 0.3) is 0 Å². The molecule has 0 radical (unpaired) electrons. The highest BCUT2D eigenvalue weighted by Crippen LogP contribution is 2.23. The maximum absolute atomic E-state index is 13.3. The summed E-state index contributed by atoms with van der Waals surface area (Å²) in [6.07, 6.45) is 0.785. The van der Waals surface area contributed by atoms with Crippen molar-refractivity contribution in [3.63, 3.8) is 0 Å². The van der Waals surface area contributed by atoms with Crippen molar-refractivity contribution >= 4 is 11.6 Å². The molecule has 0 aliphatic heterocycles. The quantitative estimate of drug-likeness (QED) is 0.670. The number of nitrogens with two attached hydrogens (primary N) is 1. The molecule has 0 saturated heterocycles. The lowest BCUT2D eigenvalue weighted by molar-refractivity contribution is -0.120. The third kappa shape index (κ3) is 4.49. The summed E-state index contributed by atoms with van der Waals surface area (Å²) < 4.78 is 0. The van der Waals surface area contributed by atoms with Crippen molar-refractivity contribution in [2.45, 2.75) is 33.2 Å². The molecule has 3 rings (SSSR count). The second-order valence-corrected chi connectivity index (χ2v) is 7.32. The van der Waals surface area contributed by atoms with E-state index in [2.05, 4.69) is 45.0 Å². The SMILES string of the molecule is Cc1ccc(N(CCc2ccccc2C)C(=O)[C@@H](N)c2ccccc2)cc1C. The molecule has 3 nitrogen and oxygen atoms in total. The highest BCUT2D eigenvalue weighted by Gasteiger charge is 2.24. The summed E-state index contributed by atoms with van der Waals surface area (Å²) >= 11 is 0. The first-order valence-electron chi connectivity index (χ1n) is 9.71. The molecule has 0 bridgehead atoms. The first-order chi connectivity index (χ1) is 13.5. The van der Waals surface area contributed by atoms with Gasteiger partial charge in [0.05, 0.1) is 0 Å². The summed E-state index contributed by atoms with van der Waals surface area (Å²) in [4.78, 5) is 15.2. The molecule has 0 aliphatic carbocycles. The van der Waals surface area contributed by atoms with Crippen molar-refractivity contribution in [1.82, 2.24) is 0 Å². The average Bonchev–Trinajstić information content (AvgIpc) is 2.72. The number of carbonyl (C=O) groups is 1. The zero-order valence-corrected chi connectivity index (χ0v) is 16.9. The summed E-state index contributed by atoms with van der Waals surface area (Å²) in [5.74, 6) is -0.0805. The maximum atomic E-state index is 13.3. The zero-order chi connectivity index (χ0) is 20.1. The van der Waals surface area contributed by atoms with E-state index in [1.807, 2.05) is 53.4 Å². The van der Waals surface area contributed by atoms with Gasteiger partial charge in [0.1, 0.15) is 6.04 Å². The highest BCUT2D eigenvalue weighted by molar-refractivity contribution is 5.97. The Morgan fingerprint density at radius 2 is 1.54 bits per heavy atom. The summed E-state index contributed by atoms with van der Waals surface area (Å²) in [7, 11) is 0. The van der Waals surface area contributed by atoms with Gasteiger partial charge in [-0.2, -0.15) is 0 Å². The summed E-state index contributed by atoms with van der Waals surface area (Å²) in [6.45, 7) is 6.84. The molecule has 144 valence electrons. The predicted octanol–water partition coefficient (Wildman–Crippen LogP) is 4.89. The van der Waals surface area contributed by atoms with E-state index in [4.69, 9.17) is 5.73 Å². The van der Waals surface area contributed by atoms with Gasteiger partial charge in [-0.1, -0.05) is 60.7 Å². The third-order valence-electron chi connectivity index (χ3n) is 5.36. The Bertz CT molecular complexity index is 950. The topological polar surface area (TPSA) is 46.3 Å². The smallest absolute Gasteiger partial charge is 0.248 e. The molecule has 0 aromatic heterocycles. The Hall–Kier alpha value is -2.91. The Labute approximate surface area is 167 Å². The van der Waals surface area contributed by atoms with E-state index in [-0.39, 0.29) is 5.91 Å². The standard InChI is InChI=1S/C25H28N2O/c1-18-13-14-23(17-20(18)3)27(16-15-21-10-8-7-9-19(21)2)25(28)24(26)22-11-5-4-6-12-22/h4-14,17,24H,15-16,26H2,1-3H3/t24-/m0/s1. The van der Waals surface area contributed by atoms with Crippen molar-refractivity contribution < 1.29 is 4.79 Å². The minimum absolute atomic E-state index is 0.0805. The number of carbonyl (C=O) groups excluding carboxylic acids is 1. The predicted molar refractivity (Wildman–Crippen MR) is 117 cm³/mol. The Morgan fingerprint density at radius 1 is 0.857 bits per heavy atom. The van der Waals surface area contributed by atoms with E-state index in [9.17, 15) is 4.79 Å². The second-order valence-electron chi connectivity index (χ2n) is 7.32. The molecule has 0 unspecified atom stereocenters. The fourth-order valence-electron chi connectivity index (χ4n) is 3.35. The normalized spacial score (nSPS) is 11.9. The first kappa shape index (κ1) is 19.8. The molecular weight excluding hydrogens is 344 g/mol. The van der Waals surface area contributed by atoms with Gasteiger partial charge >= 0.3 is 0 Å². The molecule has 3 heteroatoms. The number of nitrogens with zero attached hydrogens (tertiary/aromatic N) is 1. The van der Waals surface area contributed by atoms with E-state index in [0.29, 0.717) is 6.54 Å². The van der Waals surface area contributed by atoms with Gasteiger partial charge < -0.3 is 10.6 Å². The Morgan fingerprint density at radius 3 is 2.21 bits per heavy atom. The van der Waals surface area contributed by atoms with Crippen LogP contribution in [-0.4, -0.2) is 12.5 Å². The highest BCUT2D eigenvalue weighted by atomic mass is 16.2. The fraction of sp³-hybridized carbons (Fsp3) is 0.240. The summed E-state index contributed by atoms with van der Waals surface area (Å²) in [6, 6.07) is 23.3. The van der Waals surface area contributed by atoms with E-state index in [1.54, 1.807) is 0 Å². The molecule has 1 atom stereocenters. The van der Waals surface area contributed by atoms with Crippen molar-refractivity contribution in [2.75, 3.05) is 11.4 Å². The summed E-state index contributed by atoms with van der Waals surface area (Å²) in [5.41, 5.74) is 12.9. The van der Waals surface area contributed by atoms with Crippen LogP contribution in [0.4, 0.5) is 5.69 Å². The number of hydrogen-bond donors (Lipinski definition) is 1. The molecule has 2 N–H and O–H groups in total. The average molecular weight is 373 g/mol. The minimum Gasteiger partial charge on any atom is -0.316 e. The van der Waals surface area contributed by atoms with E-state index in [1.165, 1.54) is 22.3 Å². The monoisotopic (exact) mass is 372 g/mol. The first-order valence-corrected chi connectivity index (χ1v) is 9.71. The van der Waals surface area contributed by atoms with Gasteiger partial charge in [-0.3, -0.25) is 4.79 Å². The van der Waals surface area contributed by atoms with Crippen LogP contribution >= 0.6 is 0 Å². The van der Waals surface area contributed by atoms with Gasteiger partial charge in [-0.05, 0) is 67.1 Å². The third-order valence-corrected chi connectivity index (χ3v) is 5.36.